The molecular weight excluding hydrogens is 242 g/mol. The number of rotatable bonds is 5. The normalized spacial score (nSPS) is 16.5. The molecule has 0 aromatic heterocycles. The third-order valence-corrected chi connectivity index (χ3v) is 3.54. The van der Waals surface area contributed by atoms with Crippen LogP contribution >= 0.6 is 0 Å². The molecule has 0 bridgehead atoms. The maximum Gasteiger partial charge on any atom is 0.142 e. The van der Waals surface area contributed by atoms with Crippen molar-refractivity contribution in [1.82, 2.24) is 0 Å². The first kappa shape index (κ1) is 14.0. The van der Waals surface area contributed by atoms with Crippen molar-refractivity contribution in [2.45, 2.75) is 32.3 Å². The zero-order chi connectivity index (χ0) is 13.8. The van der Waals surface area contributed by atoms with Gasteiger partial charge in [-0.25, -0.2) is 0 Å². The molecule has 106 valence electrons. The summed E-state index contributed by atoms with van der Waals surface area (Å²) in [6.07, 6.45) is 2.62. The number of hydrogen-bond donors (Lipinski definition) is 1. The largest absolute Gasteiger partial charge is 0.496 e. The van der Waals surface area contributed by atoms with Gasteiger partial charge in [-0.2, -0.15) is 0 Å². The Morgan fingerprint density at radius 3 is 2.32 bits per heavy atom. The molecule has 1 saturated heterocycles. The number of aliphatic hydroxyl groups is 1. The van der Waals surface area contributed by atoms with E-state index in [1.54, 1.807) is 21.1 Å². The Balaban J connectivity index is 2.37. The van der Waals surface area contributed by atoms with E-state index >= 15 is 0 Å². The monoisotopic (exact) mass is 265 g/mol. The number of aliphatic hydroxyl groups excluding tert-OH is 1. The third kappa shape index (κ3) is 3.13. The maximum atomic E-state index is 9.56. The fraction of sp³-hybridized carbons (Fsp3) is 0.600. The quantitative estimate of drug-likeness (QED) is 0.886. The van der Waals surface area contributed by atoms with Crippen LogP contribution in [0.5, 0.6) is 11.5 Å². The van der Waals surface area contributed by atoms with Gasteiger partial charge in [-0.15, -0.1) is 0 Å². The Hall–Kier alpha value is -1.42. The van der Waals surface area contributed by atoms with Crippen molar-refractivity contribution in [3.05, 3.63) is 17.7 Å². The van der Waals surface area contributed by atoms with Gasteiger partial charge in [0.1, 0.15) is 11.5 Å². The van der Waals surface area contributed by atoms with E-state index in [0.29, 0.717) is 6.42 Å². The van der Waals surface area contributed by atoms with Crippen LogP contribution < -0.4 is 14.4 Å². The van der Waals surface area contributed by atoms with Gasteiger partial charge in [-0.1, -0.05) is 0 Å². The molecule has 1 N–H and O–H groups in total. The van der Waals surface area contributed by atoms with Crippen molar-refractivity contribution in [2.24, 2.45) is 0 Å². The molecular formula is C15H23NO3. The zero-order valence-electron chi connectivity index (χ0n) is 12.0. The average Bonchev–Trinajstić information content (AvgIpc) is 2.91. The van der Waals surface area contributed by atoms with Crippen LogP contribution in [-0.2, 0) is 6.42 Å². The summed E-state index contributed by atoms with van der Waals surface area (Å²) in [6, 6.07) is 4.01. The molecule has 0 aliphatic carbocycles. The molecule has 0 spiro atoms. The van der Waals surface area contributed by atoms with Gasteiger partial charge in [0.15, 0.2) is 0 Å². The first-order valence-corrected chi connectivity index (χ1v) is 6.83. The maximum absolute atomic E-state index is 9.56. The van der Waals surface area contributed by atoms with E-state index in [2.05, 4.69) is 4.90 Å². The Morgan fingerprint density at radius 2 is 1.79 bits per heavy atom. The lowest BCUT2D eigenvalue weighted by molar-refractivity contribution is 0.194. The average molecular weight is 265 g/mol. The summed E-state index contributed by atoms with van der Waals surface area (Å²) in [6.45, 7) is 3.91. The molecule has 2 rings (SSSR count). The van der Waals surface area contributed by atoms with Gasteiger partial charge in [-0.05, 0) is 25.8 Å². The summed E-state index contributed by atoms with van der Waals surface area (Å²) in [5, 5.41) is 9.56. The minimum atomic E-state index is -0.392. The van der Waals surface area contributed by atoms with Gasteiger partial charge in [0, 0.05) is 31.1 Å². The SMILES string of the molecule is COc1cc(N2CCCC2)c(OC)cc1CC(C)O. The lowest BCUT2D eigenvalue weighted by Crippen LogP contribution is -2.19. The van der Waals surface area contributed by atoms with Crippen LogP contribution in [0.4, 0.5) is 5.69 Å². The van der Waals surface area contributed by atoms with E-state index < -0.39 is 6.10 Å². The molecule has 1 aromatic carbocycles. The number of ether oxygens (including phenoxy) is 2. The van der Waals surface area contributed by atoms with Crippen molar-refractivity contribution in [3.8, 4) is 11.5 Å². The Labute approximate surface area is 114 Å². The van der Waals surface area contributed by atoms with Crippen molar-refractivity contribution < 1.29 is 14.6 Å². The zero-order valence-corrected chi connectivity index (χ0v) is 12.0. The van der Waals surface area contributed by atoms with Crippen molar-refractivity contribution in [3.63, 3.8) is 0 Å². The molecule has 0 radical (unpaired) electrons. The summed E-state index contributed by atoms with van der Waals surface area (Å²) < 4.78 is 11.0. The van der Waals surface area contributed by atoms with E-state index in [0.717, 1.165) is 35.8 Å². The lowest BCUT2D eigenvalue weighted by Gasteiger charge is -2.23. The summed E-state index contributed by atoms with van der Waals surface area (Å²) in [5.74, 6) is 1.68. The predicted molar refractivity (Wildman–Crippen MR) is 76.4 cm³/mol. The fourth-order valence-corrected chi connectivity index (χ4v) is 2.63. The molecule has 1 aliphatic heterocycles. The van der Waals surface area contributed by atoms with Crippen LogP contribution in [0, 0.1) is 0 Å². The lowest BCUT2D eigenvalue weighted by atomic mass is 10.1. The van der Waals surface area contributed by atoms with Gasteiger partial charge in [0.25, 0.3) is 0 Å². The highest BCUT2D eigenvalue weighted by Crippen LogP contribution is 2.37. The topological polar surface area (TPSA) is 41.9 Å². The third-order valence-electron chi connectivity index (χ3n) is 3.54. The molecule has 1 aromatic rings. The Kier molecular flexibility index (Phi) is 4.53. The summed E-state index contributed by atoms with van der Waals surface area (Å²) >= 11 is 0. The van der Waals surface area contributed by atoms with E-state index in [1.807, 2.05) is 12.1 Å². The van der Waals surface area contributed by atoms with Gasteiger partial charge in [-0.3, -0.25) is 0 Å². The molecule has 1 fully saturated rings. The molecule has 0 saturated carbocycles. The van der Waals surface area contributed by atoms with Crippen LogP contribution in [0.2, 0.25) is 0 Å². The second-order valence-corrected chi connectivity index (χ2v) is 5.08. The minimum Gasteiger partial charge on any atom is -0.496 e. The first-order chi connectivity index (χ1) is 9.15. The molecule has 4 nitrogen and oxygen atoms in total. The van der Waals surface area contributed by atoms with Gasteiger partial charge < -0.3 is 19.5 Å². The van der Waals surface area contributed by atoms with Crippen LogP contribution in [-0.4, -0.2) is 38.5 Å². The van der Waals surface area contributed by atoms with Crippen LogP contribution in [0.25, 0.3) is 0 Å². The molecule has 0 amide bonds. The van der Waals surface area contributed by atoms with Crippen LogP contribution in [0.3, 0.4) is 0 Å². The number of methoxy groups -OCH3 is 2. The molecule has 19 heavy (non-hydrogen) atoms. The number of hydrogen-bond acceptors (Lipinski definition) is 4. The summed E-state index contributed by atoms with van der Waals surface area (Å²) in [5.41, 5.74) is 2.07. The molecule has 1 heterocycles. The second kappa shape index (κ2) is 6.15. The Morgan fingerprint density at radius 1 is 1.16 bits per heavy atom. The van der Waals surface area contributed by atoms with Gasteiger partial charge >= 0.3 is 0 Å². The van der Waals surface area contributed by atoms with Gasteiger partial charge in [0.2, 0.25) is 0 Å². The van der Waals surface area contributed by atoms with Crippen LogP contribution in [0.1, 0.15) is 25.3 Å². The molecule has 1 atom stereocenters. The summed E-state index contributed by atoms with van der Waals surface area (Å²) in [7, 11) is 3.36. The highest BCUT2D eigenvalue weighted by molar-refractivity contribution is 5.64. The highest BCUT2D eigenvalue weighted by Gasteiger charge is 2.19. The van der Waals surface area contributed by atoms with Crippen molar-refractivity contribution in [1.29, 1.82) is 0 Å². The number of anilines is 1. The van der Waals surface area contributed by atoms with Crippen molar-refractivity contribution in [2.75, 3.05) is 32.2 Å². The summed E-state index contributed by atoms with van der Waals surface area (Å²) in [4.78, 5) is 2.33. The highest BCUT2D eigenvalue weighted by atomic mass is 16.5. The van der Waals surface area contributed by atoms with E-state index in [1.165, 1.54) is 12.8 Å². The smallest absolute Gasteiger partial charge is 0.142 e. The van der Waals surface area contributed by atoms with Gasteiger partial charge in [0.05, 0.1) is 26.0 Å². The standard InChI is InChI=1S/C15H23NO3/c1-11(17)8-12-9-15(19-3)13(10-14(12)18-2)16-6-4-5-7-16/h9-11,17H,4-8H2,1-3H3. The first-order valence-electron chi connectivity index (χ1n) is 6.83. The van der Waals surface area contributed by atoms with Crippen molar-refractivity contribution >= 4 is 5.69 Å². The Bertz CT molecular complexity index is 426. The van der Waals surface area contributed by atoms with Crippen LogP contribution in [0.15, 0.2) is 12.1 Å². The predicted octanol–water partition coefficient (Wildman–Crippen LogP) is 2.23. The van der Waals surface area contributed by atoms with E-state index in [9.17, 15) is 5.11 Å². The number of benzene rings is 1. The molecule has 1 aliphatic rings. The second-order valence-electron chi connectivity index (χ2n) is 5.08. The number of nitrogens with zero attached hydrogens (tertiary/aromatic N) is 1. The molecule has 4 heteroatoms. The minimum absolute atomic E-state index is 0.392. The fourth-order valence-electron chi connectivity index (χ4n) is 2.63. The van der Waals surface area contributed by atoms with E-state index in [4.69, 9.17) is 9.47 Å². The van der Waals surface area contributed by atoms with E-state index in [-0.39, 0.29) is 0 Å². The molecule has 1 unspecified atom stereocenters.